The lowest BCUT2D eigenvalue weighted by Crippen LogP contribution is -2.13. The van der Waals surface area contributed by atoms with Gasteiger partial charge in [-0.25, -0.2) is 0 Å². The molecule has 130 valence electrons. The third-order valence-electron chi connectivity index (χ3n) is 4.69. The molecule has 1 aliphatic heterocycles. The van der Waals surface area contributed by atoms with E-state index in [1.807, 2.05) is 24.3 Å². The fourth-order valence-electron chi connectivity index (χ4n) is 2.91. The van der Waals surface area contributed by atoms with Crippen LogP contribution in [0.1, 0.15) is 23.2 Å². The zero-order chi connectivity index (χ0) is 17.2. The lowest BCUT2D eigenvalue weighted by molar-refractivity contribution is 0.102. The molecule has 0 radical (unpaired) electrons. The van der Waals surface area contributed by atoms with Crippen molar-refractivity contribution >= 4 is 23.2 Å². The highest BCUT2D eigenvalue weighted by Gasteiger charge is 2.38. The predicted octanol–water partition coefficient (Wildman–Crippen LogP) is 4.07. The Hall–Kier alpha value is -2.04. The second kappa shape index (κ2) is 7.06. The molecule has 2 atom stereocenters. The first-order valence-corrected chi connectivity index (χ1v) is 9.09. The summed E-state index contributed by atoms with van der Waals surface area (Å²) in [6.07, 6.45) is 2.79. The van der Waals surface area contributed by atoms with Crippen molar-refractivity contribution in [2.75, 3.05) is 25.0 Å². The number of amides is 1. The molecule has 2 aromatic rings. The predicted molar refractivity (Wildman–Crippen MR) is 99.4 cm³/mol. The van der Waals surface area contributed by atoms with Gasteiger partial charge < -0.3 is 10.1 Å². The Morgan fingerprint density at radius 2 is 1.92 bits per heavy atom. The minimum atomic E-state index is -0.215. The van der Waals surface area contributed by atoms with Gasteiger partial charge in [0.05, 0.1) is 16.6 Å². The average Bonchev–Trinajstić information content (AvgIpc) is 3.54. The maximum atomic E-state index is 12.2. The molecule has 1 aliphatic carbocycles. The average molecular weight is 357 g/mol. The van der Waals surface area contributed by atoms with E-state index in [1.165, 1.54) is 19.4 Å². The van der Waals surface area contributed by atoms with Crippen molar-refractivity contribution < 1.29 is 9.53 Å². The Labute approximate surface area is 152 Å². The Morgan fingerprint density at radius 1 is 1.16 bits per heavy atom. The number of nitrogens with one attached hydrogen (secondary N) is 1. The molecule has 1 amide bonds. The summed E-state index contributed by atoms with van der Waals surface area (Å²) in [4.78, 5) is 14.7. The van der Waals surface area contributed by atoms with Crippen molar-refractivity contribution in [3.05, 3.63) is 59.1 Å². The van der Waals surface area contributed by atoms with E-state index in [0.717, 1.165) is 30.5 Å². The van der Waals surface area contributed by atoms with E-state index < -0.39 is 0 Å². The first-order valence-electron chi connectivity index (χ1n) is 8.72. The van der Waals surface area contributed by atoms with Gasteiger partial charge in [-0.05, 0) is 55.2 Å². The van der Waals surface area contributed by atoms with E-state index in [-0.39, 0.29) is 5.91 Å². The number of nitrogens with zero attached hydrogens (tertiary/aromatic N) is 1. The second-order valence-electron chi connectivity index (χ2n) is 6.82. The molecule has 4 nitrogen and oxygen atoms in total. The van der Waals surface area contributed by atoms with Gasteiger partial charge in [0, 0.05) is 18.8 Å². The number of halogens is 1. The zero-order valence-corrected chi connectivity index (χ0v) is 14.7. The third kappa shape index (κ3) is 4.33. The quantitative estimate of drug-likeness (QED) is 0.760. The summed E-state index contributed by atoms with van der Waals surface area (Å²) in [6, 6.07) is 15.0. The minimum Gasteiger partial charge on any atom is -0.492 e. The van der Waals surface area contributed by atoms with Crippen LogP contribution in [0.5, 0.6) is 5.75 Å². The van der Waals surface area contributed by atoms with Crippen LogP contribution in [-0.2, 0) is 0 Å². The topological polar surface area (TPSA) is 41.3 Å². The second-order valence-corrected chi connectivity index (χ2v) is 7.23. The number of rotatable bonds is 7. The summed E-state index contributed by atoms with van der Waals surface area (Å²) < 4.78 is 5.85. The SMILES string of the molecule is O=C(Nc1ccc(OCC2CN2CC2CC2)cc1)c1ccccc1Cl. The molecule has 0 aromatic heterocycles. The summed E-state index contributed by atoms with van der Waals surface area (Å²) in [5.41, 5.74) is 1.19. The van der Waals surface area contributed by atoms with Gasteiger partial charge in [0.1, 0.15) is 12.4 Å². The van der Waals surface area contributed by atoms with Crippen molar-refractivity contribution in [2.45, 2.75) is 18.9 Å². The van der Waals surface area contributed by atoms with Gasteiger partial charge in [-0.15, -0.1) is 0 Å². The van der Waals surface area contributed by atoms with Gasteiger partial charge >= 0.3 is 0 Å². The fraction of sp³-hybridized carbons (Fsp3) is 0.350. The standard InChI is InChI=1S/C20H21ClN2O2/c21-19-4-2-1-3-18(19)20(24)22-15-7-9-17(10-8-15)25-13-16-12-23(16)11-14-5-6-14/h1-4,7-10,14,16H,5-6,11-13H2,(H,22,24). The van der Waals surface area contributed by atoms with Gasteiger partial charge in [0.25, 0.3) is 5.91 Å². The van der Waals surface area contributed by atoms with E-state index in [9.17, 15) is 4.79 Å². The molecule has 0 bridgehead atoms. The van der Waals surface area contributed by atoms with E-state index >= 15 is 0 Å². The highest BCUT2D eigenvalue weighted by molar-refractivity contribution is 6.34. The molecule has 1 N–H and O–H groups in total. The molecule has 2 unspecified atom stereocenters. The molecule has 2 fully saturated rings. The van der Waals surface area contributed by atoms with Crippen LogP contribution in [0.4, 0.5) is 5.69 Å². The van der Waals surface area contributed by atoms with Crippen molar-refractivity contribution in [1.82, 2.24) is 4.90 Å². The summed E-state index contributed by atoms with van der Waals surface area (Å²) >= 11 is 6.05. The summed E-state index contributed by atoms with van der Waals surface area (Å²) in [5, 5.41) is 3.30. The van der Waals surface area contributed by atoms with Crippen molar-refractivity contribution in [1.29, 1.82) is 0 Å². The molecule has 1 heterocycles. The highest BCUT2D eigenvalue weighted by atomic mass is 35.5. The Kier molecular flexibility index (Phi) is 4.64. The first-order chi connectivity index (χ1) is 12.2. The van der Waals surface area contributed by atoms with Crippen LogP contribution in [0.2, 0.25) is 5.02 Å². The summed E-state index contributed by atoms with van der Waals surface area (Å²) in [5.74, 6) is 1.55. The number of benzene rings is 2. The molecule has 0 spiro atoms. The monoisotopic (exact) mass is 356 g/mol. The Balaban J connectivity index is 1.27. The molecule has 2 aliphatic rings. The van der Waals surface area contributed by atoms with Crippen LogP contribution in [0.3, 0.4) is 0 Å². The molecular weight excluding hydrogens is 336 g/mol. The molecular formula is C20H21ClN2O2. The Bertz CT molecular complexity index is 759. The van der Waals surface area contributed by atoms with Gasteiger partial charge in [-0.3, -0.25) is 9.69 Å². The van der Waals surface area contributed by atoms with Crippen LogP contribution >= 0.6 is 11.6 Å². The fourth-order valence-corrected chi connectivity index (χ4v) is 3.13. The van der Waals surface area contributed by atoms with Crippen molar-refractivity contribution in [3.63, 3.8) is 0 Å². The van der Waals surface area contributed by atoms with Gasteiger partial charge in [0.2, 0.25) is 0 Å². The van der Waals surface area contributed by atoms with Gasteiger partial charge in [-0.1, -0.05) is 23.7 Å². The first kappa shape index (κ1) is 16.4. The zero-order valence-electron chi connectivity index (χ0n) is 14.0. The molecule has 4 rings (SSSR count). The lowest BCUT2D eigenvalue weighted by atomic mass is 10.2. The normalized spacial score (nSPS) is 21.6. The van der Waals surface area contributed by atoms with Crippen molar-refractivity contribution in [3.8, 4) is 5.75 Å². The van der Waals surface area contributed by atoms with E-state index in [4.69, 9.17) is 16.3 Å². The van der Waals surface area contributed by atoms with E-state index in [2.05, 4.69) is 10.2 Å². The minimum absolute atomic E-state index is 0.215. The molecule has 2 aromatic carbocycles. The lowest BCUT2D eigenvalue weighted by Gasteiger charge is -2.09. The maximum absolute atomic E-state index is 12.2. The maximum Gasteiger partial charge on any atom is 0.257 e. The van der Waals surface area contributed by atoms with Gasteiger partial charge in [-0.2, -0.15) is 0 Å². The van der Waals surface area contributed by atoms with Crippen LogP contribution in [0.25, 0.3) is 0 Å². The molecule has 5 heteroatoms. The van der Waals surface area contributed by atoms with E-state index in [0.29, 0.717) is 16.6 Å². The number of ether oxygens (including phenoxy) is 1. The van der Waals surface area contributed by atoms with Crippen LogP contribution in [-0.4, -0.2) is 36.5 Å². The van der Waals surface area contributed by atoms with Crippen LogP contribution in [0, 0.1) is 5.92 Å². The molecule has 1 saturated carbocycles. The van der Waals surface area contributed by atoms with Crippen LogP contribution in [0.15, 0.2) is 48.5 Å². The number of carbonyl (C=O) groups is 1. The number of anilines is 1. The van der Waals surface area contributed by atoms with Gasteiger partial charge in [0.15, 0.2) is 0 Å². The highest BCUT2D eigenvalue weighted by Crippen LogP contribution is 2.33. The molecule has 1 saturated heterocycles. The summed E-state index contributed by atoms with van der Waals surface area (Å²) in [6.45, 7) is 3.13. The largest absolute Gasteiger partial charge is 0.492 e. The number of carbonyl (C=O) groups excluding carboxylic acids is 1. The smallest absolute Gasteiger partial charge is 0.257 e. The Morgan fingerprint density at radius 3 is 2.64 bits per heavy atom. The molecule has 25 heavy (non-hydrogen) atoms. The van der Waals surface area contributed by atoms with Crippen molar-refractivity contribution in [2.24, 2.45) is 5.92 Å². The van der Waals surface area contributed by atoms with E-state index in [1.54, 1.807) is 24.3 Å². The number of hydrogen-bond donors (Lipinski definition) is 1. The number of hydrogen-bond acceptors (Lipinski definition) is 3. The third-order valence-corrected chi connectivity index (χ3v) is 5.02. The summed E-state index contributed by atoms with van der Waals surface area (Å²) in [7, 11) is 0. The van der Waals surface area contributed by atoms with Crippen LogP contribution < -0.4 is 10.1 Å².